The number of halogens is 2. The molecule has 0 spiro atoms. The Hall–Kier alpha value is -3.98. The fourth-order valence-electron chi connectivity index (χ4n) is 4.12. The van der Waals surface area contributed by atoms with Crippen LogP contribution in [0.1, 0.15) is 11.1 Å². The Labute approximate surface area is 198 Å². The number of H-pyrrole nitrogens is 1. The van der Waals surface area contributed by atoms with E-state index in [9.17, 15) is 19.0 Å². The second-order valence-corrected chi connectivity index (χ2v) is 8.48. The van der Waals surface area contributed by atoms with Gasteiger partial charge in [-0.05, 0) is 72.6 Å². The third-order valence-corrected chi connectivity index (χ3v) is 6.19. The van der Waals surface area contributed by atoms with Gasteiger partial charge in [0.05, 0.1) is 11.3 Å². The number of hydrogen-bond donors (Lipinski definition) is 3. The first-order chi connectivity index (χ1) is 16.3. The number of benzene rings is 3. The van der Waals surface area contributed by atoms with Crippen LogP contribution in [-0.2, 0) is 19.9 Å². The molecule has 0 aliphatic rings. The monoisotopic (exact) mass is 478 g/mol. The second kappa shape index (κ2) is 8.42. The molecule has 0 aliphatic carbocycles. The molecule has 0 unspecified atom stereocenters. The van der Waals surface area contributed by atoms with Crippen LogP contribution in [0.25, 0.3) is 28.0 Å². The molecule has 0 fully saturated rings. The van der Waals surface area contributed by atoms with Gasteiger partial charge in [-0.2, -0.15) is 5.10 Å². The lowest BCUT2D eigenvalue weighted by Crippen LogP contribution is -2.00. The molecule has 3 N–H and O–H groups in total. The number of phenolic OH excluding ortho intramolecular Hbond substituents is 2. The van der Waals surface area contributed by atoms with Crippen LogP contribution in [0.5, 0.6) is 11.5 Å². The number of nitrogens with one attached hydrogen (secondary N) is 1. The number of aryl methyl sites for hydroxylation is 3. The molecule has 5 rings (SSSR count). The number of aromatic amines is 1. The highest BCUT2D eigenvalue weighted by Gasteiger charge is 2.18. The number of fused-ring (bicyclic) bond motifs is 1. The molecule has 6 nitrogen and oxygen atoms in total. The summed E-state index contributed by atoms with van der Waals surface area (Å²) in [7, 11) is 1.96. The van der Waals surface area contributed by atoms with E-state index in [2.05, 4.69) is 10.2 Å². The van der Waals surface area contributed by atoms with Crippen molar-refractivity contribution in [1.29, 1.82) is 0 Å². The van der Waals surface area contributed by atoms with Crippen molar-refractivity contribution in [2.75, 3.05) is 0 Å². The summed E-state index contributed by atoms with van der Waals surface area (Å²) in [4.78, 5) is 0. The summed E-state index contributed by atoms with van der Waals surface area (Å²) >= 11 is 5.46. The van der Waals surface area contributed by atoms with Crippen molar-refractivity contribution in [3.05, 3.63) is 88.3 Å². The Morgan fingerprint density at radius 1 is 0.941 bits per heavy atom. The van der Waals surface area contributed by atoms with E-state index in [0.717, 1.165) is 22.7 Å². The number of aromatic nitrogens is 4. The van der Waals surface area contributed by atoms with Gasteiger partial charge in [-0.1, -0.05) is 6.07 Å². The highest BCUT2D eigenvalue weighted by atomic mass is 32.1. The maximum Gasteiger partial charge on any atom is 0.200 e. The van der Waals surface area contributed by atoms with Crippen LogP contribution in [0, 0.1) is 16.4 Å². The summed E-state index contributed by atoms with van der Waals surface area (Å²) in [5, 5.41) is 29.1. The van der Waals surface area contributed by atoms with Gasteiger partial charge in [-0.3, -0.25) is 9.67 Å². The Morgan fingerprint density at radius 3 is 2.53 bits per heavy atom. The van der Waals surface area contributed by atoms with Gasteiger partial charge >= 0.3 is 0 Å². The molecule has 3 aromatic carbocycles. The summed E-state index contributed by atoms with van der Waals surface area (Å²) < 4.78 is 31.3. The van der Waals surface area contributed by atoms with Crippen LogP contribution >= 0.6 is 12.2 Å². The number of rotatable bonds is 5. The van der Waals surface area contributed by atoms with Crippen molar-refractivity contribution in [2.45, 2.75) is 12.8 Å². The first-order valence-corrected chi connectivity index (χ1v) is 10.9. The Bertz CT molecular complexity index is 1600. The summed E-state index contributed by atoms with van der Waals surface area (Å²) in [6.07, 6.45) is 2.47. The zero-order valence-electron chi connectivity index (χ0n) is 18.1. The van der Waals surface area contributed by atoms with Gasteiger partial charge < -0.3 is 14.8 Å². The largest absolute Gasteiger partial charge is 0.508 e. The van der Waals surface area contributed by atoms with Crippen LogP contribution < -0.4 is 0 Å². The lowest BCUT2D eigenvalue weighted by molar-refractivity contribution is 0.446. The molecular weight excluding hydrogens is 458 g/mol. The SMILES string of the molecule is Cn1ccc2cc(-n3c(-c4cc(CCc5ccc(F)cc5F)c(O)cc4O)n[nH]c3=S)ccc21. The quantitative estimate of drug-likeness (QED) is 0.289. The van der Waals surface area contributed by atoms with E-state index in [1.165, 1.54) is 18.2 Å². The van der Waals surface area contributed by atoms with Gasteiger partial charge in [0.1, 0.15) is 23.1 Å². The molecule has 34 heavy (non-hydrogen) atoms. The van der Waals surface area contributed by atoms with Gasteiger partial charge in [0.15, 0.2) is 10.6 Å². The molecule has 0 aliphatic heterocycles. The smallest absolute Gasteiger partial charge is 0.200 e. The van der Waals surface area contributed by atoms with Crippen molar-refractivity contribution < 1.29 is 19.0 Å². The van der Waals surface area contributed by atoms with Crippen LogP contribution in [0.2, 0.25) is 0 Å². The van der Waals surface area contributed by atoms with E-state index in [4.69, 9.17) is 12.2 Å². The lowest BCUT2D eigenvalue weighted by atomic mass is 10.00. The van der Waals surface area contributed by atoms with Crippen molar-refractivity contribution >= 4 is 23.1 Å². The van der Waals surface area contributed by atoms with Crippen molar-refractivity contribution in [2.24, 2.45) is 7.05 Å². The zero-order valence-corrected chi connectivity index (χ0v) is 18.9. The van der Waals surface area contributed by atoms with Gasteiger partial charge in [0.2, 0.25) is 0 Å². The third kappa shape index (κ3) is 3.84. The molecule has 9 heteroatoms. The lowest BCUT2D eigenvalue weighted by Gasteiger charge is -2.12. The standard InChI is InChI=1S/C25H20F2N4O2S/c1-30-9-8-15-10-18(6-7-21(15)30)31-24(28-29-25(31)34)19-11-16(22(32)13-23(19)33)3-2-14-4-5-17(26)12-20(14)27/h4-13,32-33H,2-3H2,1H3,(H,29,34). The predicted octanol–water partition coefficient (Wildman–Crippen LogP) is 5.56. The molecule has 0 saturated heterocycles. The van der Waals surface area contributed by atoms with E-state index < -0.39 is 11.6 Å². The highest BCUT2D eigenvalue weighted by Crippen LogP contribution is 2.36. The van der Waals surface area contributed by atoms with E-state index in [-0.39, 0.29) is 24.3 Å². The van der Waals surface area contributed by atoms with Crippen LogP contribution in [0.4, 0.5) is 8.78 Å². The number of hydrogen-bond acceptors (Lipinski definition) is 4. The molecule has 2 heterocycles. The van der Waals surface area contributed by atoms with Gasteiger partial charge in [0, 0.05) is 36.3 Å². The first-order valence-electron chi connectivity index (χ1n) is 10.5. The average molecular weight is 479 g/mol. The van der Waals surface area contributed by atoms with E-state index in [1.54, 1.807) is 10.6 Å². The average Bonchev–Trinajstić information content (AvgIpc) is 3.36. The molecule has 172 valence electrons. The number of nitrogens with zero attached hydrogens (tertiary/aromatic N) is 3. The Kier molecular flexibility index (Phi) is 5.41. The fraction of sp³-hybridized carbons (Fsp3) is 0.120. The van der Waals surface area contributed by atoms with E-state index in [1.807, 2.05) is 42.1 Å². The van der Waals surface area contributed by atoms with Crippen LogP contribution in [0.3, 0.4) is 0 Å². The molecule has 0 radical (unpaired) electrons. The molecule has 0 bridgehead atoms. The minimum atomic E-state index is -0.646. The third-order valence-electron chi connectivity index (χ3n) is 5.92. The fourth-order valence-corrected chi connectivity index (χ4v) is 4.36. The number of phenols is 2. The van der Waals surface area contributed by atoms with Crippen molar-refractivity contribution in [3.63, 3.8) is 0 Å². The molecule has 0 atom stereocenters. The van der Waals surface area contributed by atoms with E-state index >= 15 is 0 Å². The van der Waals surface area contributed by atoms with Crippen molar-refractivity contribution in [3.8, 4) is 28.6 Å². The normalized spacial score (nSPS) is 11.4. The van der Waals surface area contributed by atoms with Crippen LogP contribution in [0.15, 0.2) is 60.8 Å². The minimum absolute atomic E-state index is 0.129. The first kappa shape index (κ1) is 21.8. The summed E-state index contributed by atoms with van der Waals surface area (Å²) in [6, 6.07) is 14.1. The molecule has 5 aromatic rings. The summed E-state index contributed by atoms with van der Waals surface area (Å²) in [6.45, 7) is 0. The molecule has 2 aromatic heterocycles. The topological polar surface area (TPSA) is 79.0 Å². The zero-order chi connectivity index (χ0) is 24.0. The molecule has 0 amide bonds. The maximum atomic E-state index is 14.0. The van der Waals surface area contributed by atoms with Crippen LogP contribution in [-0.4, -0.2) is 29.5 Å². The highest BCUT2D eigenvalue weighted by molar-refractivity contribution is 7.71. The molecular formula is C25H20F2N4O2S. The second-order valence-electron chi connectivity index (χ2n) is 8.09. The Balaban J connectivity index is 1.55. The minimum Gasteiger partial charge on any atom is -0.508 e. The van der Waals surface area contributed by atoms with Gasteiger partial charge in [-0.25, -0.2) is 8.78 Å². The van der Waals surface area contributed by atoms with Crippen molar-refractivity contribution in [1.82, 2.24) is 19.3 Å². The Morgan fingerprint density at radius 2 is 1.74 bits per heavy atom. The summed E-state index contributed by atoms with van der Waals surface area (Å²) in [5.41, 5.74) is 2.98. The molecule has 0 saturated carbocycles. The van der Waals surface area contributed by atoms with Gasteiger partial charge in [0.25, 0.3) is 0 Å². The van der Waals surface area contributed by atoms with Gasteiger partial charge in [-0.15, -0.1) is 0 Å². The maximum absolute atomic E-state index is 14.0. The predicted molar refractivity (Wildman–Crippen MR) is 128 cm³/mol. The number of aromatic hydroxyl groups is 2. The summed E-state index contributed by atoms with van der Waals surface area (Å²) in [5.74, 6) is -1.23. The van der Waals surface area contributed by atoms with E-state index in [0.29, 0.717) is 27.3 Å².